The molecule has 0 unspecified atom stereocenters. The second-order valence-corrected chi connectivity index (χ2v) is 3.88. The van der Waals surface area contributed by atoms with Crippen LogP contribution in [0.3, 0.4) is 0 Å². The van der Waals surface area contributed by atoms with Crippen LogP contribution in [0.2, 0.25) is 0 Å². The molecule has 2 nitrogen and oxygen atoms in total. The van der Waals surface area contributed by atoms with Crippen LogP contribution in [0.25, 0.3) is 0 Å². The third-order valence-electron chi connectivity index (χ3n) is 2.56. The first-order valence-corrected chi connectivity index (χ1v) is 3.81. The molecule has 2 atom stereocenters. The van der Waals surface area contributed by atoms with Gasteiger partial charge in [0.25, 0.3) is 0 Å². The highest BCUT2D eigenvalue weighted by atomic mass is 16.6. The molecule has 1 aliphatic heterocycles. The zero-order valence-electron chi connectivity index (χ0n) is 6.39. The summed E-state index contributed by atoms with van der Waals surface area (Å²) in [4.78, 5) is 11.4. The lowest BCUT2D eigenvalue weighted by atomic mass is 9.76. The molecule has 2 fully saturated rings. The molecule has 0 radical (unpaired) electrons. The molecule has 0 bridgehead atoms. The third kappa shape index (κ3) is 0.717. The molecule has 0 N–H and O–H groups in total. The topological polar surface area (TPSA) is 29.6 Å². The molecule has 0 spiro atoms. The third-order valence-corrected chi connectivity index (χ3v) is 2.56. The summed E-state index contributed by atoms with van der Waals surface area (Å²) in [5.74, 6) is 0.309. The number of ether oxygens (including phenoxy) is 1. The maximum atomic E-state index is 11.4. The van der Waals surface area contributed by atoms with Gasteiger partial charge in [0.05, 0.1) is 6.10 Å². The lowest BCUT2D eigenvalue weighted by Crippen LogP contribution is -2.33. The van der Waals surface area contributed by atoms with Crippen LogP contribution >= 0.6 is 0 Å². The molecule has 56 valence electrons. The first-order valence-electron chi connectivity index (χ1n) is 3.81. The van der Waals surface area contributed by atoms with Crippen LogP contribution < -0.4 is 0 Å². The van der Waals surface area contributed by atoms with Crippen molar-refractivity contribution in [3.8, 4) is 0 Å². The Morgan fingerprint density at radius 3 is 2.90 bits per heavy atom. The van der Waals surface area contributed by atoms with E-state index in [0.717, 1.165) is 12.8 Å². The number of ketones is 1. The lowest BCUT2D eigenvalue weighted by molar-refractivity contribution is -0.129. The fourth-order valence-electron chi connectivity index (χ4n) is 1.60. The summed E-state index contributed by atoms with van der Waals surface area (Å²) in [6.07, 6.45) is 2.33. The molecular weight excluding hydrogens is 128 g/mol. The normalized spacial score (nSPS) is 42.8. The van der Waals surface area contributed by atoms with Gasteiger partial charge >= 0.3 is 0 Å². The highest BCUT2D eigenvalue weighted by molar-refractivity contribution is 5.91. The van der Waals surface area contributed by atoms with Gasteiger partial charge in [0.1, 0.15) is 6.10 Å². The maximum absolute atomic E-state index is 11.4. The van der Waals surface area contributed by atoms with Gasteiger partial charge in [-0.3, -0.25) is 4.79 Å². The first kappa shape index (κ1) is 6.35. The van der Waals surface area contributed by atoms with Crippen molar-refractivity contribution in [2.24, 2.45) is 5.41 Å². The second kappa shape index (κ2) is 1.62. The Kier molecular flexibility index (Phi) is 1.03. The monoisotopic (exact) mass is 140 g/mol. The minimum absolute atomic E-state index is 0.0243. The van der Waals surface area contributed by atoms with E-state index in [0.29, 0.717) is 11.9 Å². The number of carbonyl (C=O) groups excluding carboxylic acids is 1. The van der Waals surface area contributed by atoms with Crippen molar-refractivity contribution in [2.75, 3.05) is 0 Å². The van der Waals surface area contributed by atoms with Crippen molar-refractivity contribution in [1.82, 2.24) is 0 Å². The van der Waals surface area contributed by atoms with E-state index in [4.69, 9.17) is 4.74 Å². The Morgan fingerprint density at radius 1 is 1.60 bits per heavy atom. The van der Waals surface area contributed by atoms with Crippen LogP contribution in [0.1, 0.15) is 26.7 Å². The Morgan fingerprint density at radius 2 is 2.30 bits per heavy atom. The summed E-state index contributed by atoms with van der Waals surface area (Å²) >= 11 is 0. The van der Waals surface area contributed by atoms with E-state index in [1.165, 1.54) is 0 Å². The Balaban J connectivity index is 2.19. The van der Waals surface area contributed by atoms with Gasteiger partial charge in [-0.25, -0.2) is 0 Å². The molecule has 1 aliphatic carbocycles. The summed E-state index contributed by atoms with van der Waals surface area (Å²) in [6, 6.07) is 0. The van der Waals surface area contributed by atoms with E-state index in [1.807, 2.05) is 13.8 Å². The fourth-order valence-corrected chi connectivity index (χ4v) is 1.60. The minimum atomic E-state index is -0.113. The number of epoxide rings is 1. The van der Waals surface area contributed by atoms with Crippen molar-refractivity contribution in [3.05, 3.63) is 0 Å². The van der Waals surface area contributed by atoms with Crippen molar-refractivity contribution < 1.29 is 9.53 Å². The largest absolute Gasteiger partial charge is 0.361 e. The smallest absolute Gasteiger partial charge is 0.169 e. The van der Waals surface area contributed by atoms with Crippen molar-refractivity contribution in [3.63, 3.8) is 0 Å². The van der Waals surface area contributed by atoms with Gasteiger partial charge in [0, 0.05) is 5.41 Å². The number of Topliss-reactive ketones (excluding diaryl/α,β-unsaturated/α-hetero) is 1. The molecule has 10 heavy (non-hydrogen) atoms. The predicted octanol–water partition coefficient (Wildman–Crippen LogP) is 1.14. The lowest BCUT2D eigenvalue weighted by Gasteiger charge is -2.24. The van der Waals surface area contributed by atoms with Gasteiger partial charge in [-0.2, -0.15) is 0 Å². The second-order valence-electron chi connectivity index (χ2n) is 3.88. The summed E-state index contributed by atoms with van der Waals surface area (Å²) in [7, 11) is 0. The molecule has 0 aromatic heterocycles. The van der Waals surface area contributed by atoms with E-state index in [1.54, 1.807) is 0 Å². The van der Waals surface area contributed by atoms with Gasteiger partial charge in [-0.15, -0.1) is 0 Å². The molecule has 0 aromatic rings. The van der Waals surface area contributed by atoms with E-state index in [2.05, 4.69) is 0 Å². The number of hydrogen-bond donors (Lipinski definition) is 0. The number of carbonyl (C=O) groups is 1. The van der Waals surface area contributed by atoms with Gasteiger partial charge in [0.2, 0.25) is 0 Å². The summed E-state index contributed by atoms with van der Waals surface area (Å²) in [5.41, 5.74) is -0.113. The average Bonchev–Trinajstić information content (AvgIpc) is 2.58. The zero-order valence-corrected chi connectivity index (χ0v) is 6.39. The van der Waals surface area contributed by atoms with E-state index >= 15 is 0 Å². The van der Waals surface area contributed by atoms with Crippen LogP contribution in [0.15, 0.2) is 0 Å². The molecule has 1 saturated carbocycles. The number of rotatable bonds is 0. The molecule has 2 aliphatic rings. The molecule has 2 heteroatoms. The van der Waals surface area contributed by atoms with Crippen LogP contribution in [-0.2, 0) is 9.53 Å². The fraction of sp³-hybridized carbons (Fsp3) is 0.875. The van der Waals surface area contributed by atoms with Crippen molar-refractivity contribution in [2.45, 2.75) is 38.9 Å². The predicted molar refractivity (Wildman–Crippen MR) is 36.7 cm³/mol. The van der Waals surface area contributed by atoms with Crippen LogP contribution in [0, 0.1) is 5.41 Å². The van der Waals surface area contributed by atoms with E-state index < -0.39 is 0 Å². The summed E-state index contributed by atoms with van der Waals surface area (Å²) in [5, 5.41) is 0. The first-order chi connectivity index (χ1) is 4.61. The quantitative estimate of drug-likeness (QED) is 0.472. The van der Waals surface area contributed by atoms with Crippen LogP contribution in [-0.4, -0.2) is 18.0 Å². The van der Waals surface area contributed by atoms with E-state index in [-0.39, 0.29) is 11.5 Å². The maximum Gasteiger partial charge on any atom is 0.169 e. The van der Waals surface area contributed by atoms with E-state index in [9.17, 15) is 4.79 Å². The number of fused-ring (bicyclic) bond motifs is 1. The molecule has 0 aromatic carbocycles. The molecule has 1 heterocycles. The van der Waals surface area contributed by atoms with Crippen molar-refractivity contribution in [1.29, 1.82) is 0 Å². The number of hydrogen-bond acceptors (Lipinski definition) is 2. The molecular formula is C8H12O2. The average molecular weight is 140 g/mol. The highest BCUT2D eigenvalue weighted by Crippen LogP contribution is 2.42. The SMILES string of the molecule is CC1(C)CC[C@@H]2O[C@@H]2C1=O. The Labute approximate surface area is 60.6 Å². The molecule has 0 amide bonds. The summed E-state index contributed by atoms with van der Waals surface area (Å²) < 4.78 is 5.18. The minimum Gasteiger partial charge on any atom is -0.361 e. The highest BCUT2D eigenvalue weighted by Gasteiger charge is 2.53. The van der Waals surface area contributed by atoms with Gasteiger partial charge in [0.15, 0.2) is 5.78 Å². The molecule has 1 saturated heterocycles. The van der Waals surface area contributed by atoms with Crippen molar-refractivity contribution >= 4 is 5.78 Å². The Hall–Kier alpha value is -0.370. The van der Waals surface area contributed by atoms with Gasteiger partial charge in [-0.1, -0.05) is 13.8 Å². The van der Waals surface area contributed by atoms with Crippen LogP contribution in [0.4, 0.5) is 0 Å². The molecule has 2 rings (SSSR count). The van der Waals surface area contributed by atoms with Crippen LogP contribution in [0.5, 0.6) is 0 Å². The van der Waals surface area contributed by atoms with Gasteiger partial charge in [-0.05, 0) is 12.8 Å². The zero-order chi connectivity index (χ0) is 7.35. The standard InChI is InChI=1S/C8H12O2/c1-8(2)4-3-5-6(10-5)7(8)9/h5-6H,3-4H2,1-2H3/t5-,6-/m0/s1. The summed E-state index contributed by atoms with van der Waals surface area (Å²) in [6.45, 7) is 4.01. The Bertz CT molecular complexity index is 184. The van der Waals surface area contributed by atoms with Gasteiger partial charge < -0.3 is 4.74 Å².